The highest BCUT2D eigenvalue weighted by molar-refractivity contribution is 8.00. The monoisotopic (exact) mass is 298 g/mol. The maximum absolute atomic E-state index is 5.92. The van der Waals surface area contributed by atoms with Crippen LogP contribution in [0.3, 0.4) is 0 Å². The second kappa shape index (κ2) is 4.70. The third-order valence-corrected chi connectivity index (χ3v) is 5.57. The molecule has 1 saturated carbocycles. The number of thioether (sulfide) groups is 1. The fourth-order valence-electron chi connectivity index (χ4n) is 2.68. The molecule has 104 valence electrons. The molecular formula is C13H19ClN4S. The molecule has 0 atom stereocenters. The summed E-state index contributed by atoms with van der Waals surface area (Å²) in [4.78, 5) is 4.75. The van der Waals surface area contributed by atoms with Crippen LogP contribution in [0.1, 0.15) is 24.4 Å². The van der Waals surface area contributed by atoms with Gasteiger partial charge in [0.1, 0.15) is 11.3 Å². The van der Waals surface area contributed by atoms with Crippen molar-refractivity contribution in [3.63, 3.8) is 0 Å². The number of fused-ring (bicyclic) bond motifs is 1. The Kier molecular flexibility index (Phi) is 3.29. The molecule has 19 heavy (non-hydrogen) atoms. The lowest BCUT2D eigenvalue weighted by Gasteiger charge is -2.16. The minimum Gasteiger partial charge on any atom is -0.311 e. The molecule has 0 amide bonds. The predicted molar refractivity (Wildman–Crippen MR) is 81.1 cm³/mol. The van der Waals surface area contributed by atoms with Gasteiger partial charge in [0, 0.05) is 30.6 Å². The summed E-state index contributed by atoms with van der Waals surface area (Å²) in [5, 5.41) is 4.48. The summed E-state index contributed by atoms with van der Waals surface area (Å²) in [5.41, 5.74) is 3.17. The van der Waals surface area contributed by atoms with Gasteiger partial charge < -0.3 is 4.57 Å². The van der Waals surface area contributed by atoms with Crippen LogP contribution in [-0.2, 0) is 20.0 Å². The molecule has 0 aliphatic heterocycles. The molecule has 0 unspecified atom stereocenters. The molecule has 4 nitrogen and oxygen atoms in total. The molecule has 1 aliphatic carbocycles. The first-order chi connectivity index (χ1) is 9.10. The highest BCUT2D eigenvalue weighted by Gasteiger charge is 2.43. The number of aryl methyl sites for hydroxylation is 3. The Morgan fingerprint density at radius 1 is 1.42 bits per heavy atom. The summed E-state index contributed by atoms with van der Waals surface area (Å²) in [6.45, 7) is 3.04. The number of nitrogens with zero attached hydrogens (tertiary/aromatic N) is 4. The van der Waals surface area contributed by atoms with E-state index in [0.717, 1.165) is 35.6 Å². The van der Waals surface area contributed by atoms with Crippen LogP contribution in [0.5, 0.6) is 0 Å². The van der Waals surface area contributed by atoms with Gasteiger partial charge in [-0.3, -0.25) is 4.68 Å². The first kappa shape index (κ1) is 13.3. The van der Waals surface area contributed by atoms with Crippen LogP contribution in [0.2, 0.25) is 0 Å². The number of halogens is 1. The standard InChI is InChI=1S/C13H19ClN4S/c1-9-11-12(17(2)16-9)18(10(15-11)4-7-14)8-13(19-3)5-6-13/h4-8H2,1-3H3. The predicted octanol–water partition coefficient (Wildman–Crippen LogP) is 2.76. The van der Waals surface area contributed by atoms with Crippen molar-refractivity contribution in [1.29, 1.82) is 0 Å². The van der Waals surface area contributed by atoms with E-state index in [1.54, 1.807) is 0 Å². The van der Waals surface area contributed by atoms with Gasteiger partial charge in [-0.15, -0.1) is 11.6 Å². The van der Waals surface area contributed by atoms with Crippen molar-refractivity contribution in [3.8, 4) is 0 Å². The zero-order valence-electron chi connectivity index (χ0n) is 11.6. The van der Waals surface area contributed by atoms with E-state index in [4.69, 9.17) is 16.6 Å². The molecule has 0 N–H and O–H groups in total. The summed E-state index contributed by atoms with van der Waals surface area (Å²) in [6.07, 6.45) is 5.62. The van der Waals surface area contributed by atoms with Crippen LogP contribution in [0.4, 0.5) is 0 Å². The van der Waals surface area contributed by atoms with Gasteiger partial charge in [-0.1, -0.05) is 0 Å². The zero-order valence-corrected chi connectivity index (χ0v) is 13.2. The SMILES string of the molecule is CSC1(Cn2c(CCCl)nc3c(C)nn(C)c32)CC1. The molecule has 1 fully saturated rings. The second-order valence-electron chi connectivity index (χ2n) is 5.32. The van der Waals surface area contributed by atoms with Gasteiger partial charge in [0.05, 0.1) is 5.69 Å². The normalized spacial score (nSPS) is 17.3. The van der Waals surface area contributed by atoms with E-state index in [2.05, 4.69) is 15.9 Å². The van der Waals surface area contributed by atoms with E-state index >= 15 is 0 Å². The van der Waals surface area contributed by atoms with Crippen molar-refractivity contribution < 1.29 is 0 Å². The van der Waals surface area contributed by atoms with Crippen molar-refractivity contribution in [2.75, 3.05) is 12.1 Å². The maximum Gasteiger partial charge on any atom is 0.158 e. The summed E-state index contributed by atoms with van der Waals surface area (Å²) < 4.78 is 4.69. The lowest BCUT2D eigenvalue weighted by molar-refractivity contribution is 0.619. The molecule has 0 aromatic carbocycles. The van der Waals surface area contributed by atoms with Gasteiger partial charge in [-0.25, -0.2) is 4.98 Å². The van der Waals surface area contributed by atoms with Gasteiger partial charge >= 0.3 is 0 Å². The molecule has 2 heterocycles. The van der Waals surface area contributed by atoms with E-state index in [9.17, 15) is 0 Å². The van der Waals surface area contributed by atoms with E-state index < -0.39 is 0 Å². The molecule has 2 aromatic heterocycles. The quantitative estimate of drug-likeness (QED) is 0.796. The molecule has 2 aromatic rings. The zero-order chi connectivity index (χ0) is 13.6. The fraction of sp³-hybridized carbons (Fsp3) is 0.692. The molecule has 0 bridgehead atoms. The highest BCUT2D eigenvalue weighted by atomic mass is 35.5. The van der Waals surface area contributed by atoms with Crippen LogP contribution in [0.15, 0.2) is 0 Å². The minimum absolute atomic E-state index is 0.410. The number of aromatic nitrogens is 4. The molecule has 6 heteroatoms. The number of hydrogen-bond donors (Lipinski definition) is 0. The van der Waals surface area contributed by atoms with Gasteiger partial charge in [-0.05, 0) is 26.0 Å². The number of alkyl halides is 1. The summed E-state index contributed by atoms with van der Waals surface area (Å²) in [6, 6.07) is 0. The van der Waals surface area contributed by atoms with E-state index in [1.807, 2.05) is 30.4 Å². The van der Waals surface area contributed by atoms with E-state index in [-0.39, 0.29) is 0 Å². The van der Waals surface area contributed by atoms with E-state index in [0.29, 0.717) is 10.6 Å². The largest absolute Gasteiger partial charge is 0.311 e. The summed E-state index contributed by atoms with van der Waals surface area (Å²) in [5.74, 6) is 1.71. The molecule has 0 spiro atoms. The second-order valence-corrected chi connectivity index (χ2v) is 6.97. The molecule has 0 saturated heterocycles. The average Bonchev–Trinajstić information content (AvgIpc) is 2.99. The van der Waals surface area contributed by atoms with Crippen molar-refractivity contribution in [3.05, 3.63) is 11.5 Å². The Balaban J connectivity index is 2.10. The van der Waals surface area contributed by atoms with E-state index in [1.165, 1.54) is 12.8 Å². The topological polar surface area (TPSA) is 35.6 Å². The van der Waals surface area contributed by atoms with Crippen molar-refractivity contribution in [2.45, 2.75) is 37.5 Å². The van der Waals surface area contributed by atoms with Crippen LogP contribution in [-0.4, -0.2) is 36.2 Å². The Labute approximate surface area is 122 Å². The lowest BCUT2D eigenvalue weighted by Crippen LogP contribution is -2.17. The molecule has 3 rings (SSSR count). The first-order valence-electron chi connectivity index (χ1n) is 6.60. The van der Waals surface area contributed by atoms with Gasteiger partial charge in [0.25, 0.3) is 0 Å². The summed E-state index contributed by atoms with van der Waals surface area (Å²) >= 11 is 7.90. The fourth-order valence-corrected chi connectivity index (χ4v) is 3.61. The van der Waals surface area contributed by atoms with Gasteiger partial charge in [-0.2, -0.15) is 16.9 Å². The number of hydrogen-bond acceptors (Lipinski definition) is 3. The van der Waals surface area contributed by atoms with Crippen LogP contribution in [0.25, 0.3) is 11.2 Å². The third-order valence-electron chi connectivity index (χ3n) is 3.97. The van der Waals surface area contributed by atoms with Crippen molar-refractivity contribution >= 4 is 34.5 Å². The molecule has 1 aliphatic rings. The van der Waals surface area contributed by atoms with Crippen molar-refractivity contribution in [2.24, 2.45) is 7.05 Å². The Hall–Kier alpha value is -0.680. The average molecular weight is 299 g/mol. The minimum atomic E-state index is 0.410. The molecule has 0 radical (unpaired) electrons. The van der Waals surface area contributed by atoms with Crippen LogP contribution in [0, 0.1) is 6.92 Å². The molecular weight excluding hydrogens is 280 g/mol. The number of imidazole rings is 1. The van der Waals surface area contributed by atoms with Crippen molar-refractivity contribution in [1.82, 2.24) is 19.3 Å². The number of rotatable bonds is 5. The Bertz CT molecular complexity index is 612. The van der Waals surface area contributed by atoms with Gasteiger partial charge in [0.2, 0.25) is 0 Å². The maximum atomic E-state index is 5.92. The van der Waals surface area contributed by atoms with Crippen LogP contribution >= 0.6 is 23.4 Å². The smallest absolute Gasteiger partial charge is 0.158 e. The first-order valence-corrected chi connectivity index (χ1v) is 8.36. The third kappa shape index (κ3) is 2.17. The lowest BCUT2D eigenvalue weighted by atomic mass is 10.3. The Morgan fingerprint density at radius 3 is 2.74 bits per heavy atom. The Morgan fingerprint density at radius 2 is 2.16 bits per heavy atom. The summed E-state index contributed by atoms with van der Waals surface area (Å²) in [7, 11) is 2.00. The van der Waals surface area contributed by atoms with Gasteiger partial charge in [0.15, 0.2) is 5.65 Å². The highest BCUT2D eigenvalue weighted by Crippen LogP contribution is 2.49. The van der Waals surface area contributed by atoms with Crippen LogP contribution < -0.4 is 0 Å².